The average molecular weight is 271 g/mol. The summed E-state index contributed by atoms with van der Waals surface area (Å²) in [5, 5.41) is 3.27. The van der Waals surface area contributed by atoms with Crippen LogP contribution in [0, 0.1) is 5.92 Å². The number of imidazole rings is 1. The number of hydrogen-bond donors (Lipinski definition) is 2. The third-order valence-corrected chi connectivity index (χ3v) is 3.45. The molecular formula is C11H15ClN4O2. The van der Waals surface area contributed by atoms with Gasteiger partial charge in [0.15, 0.2) is 5.69 Å². The van der Waals surface area contributed by atoms with Crippen molar-refractivity contribution in [3.05, 3.63) is 17.7 Å². The summed E-state index contributed by atoms with van der Waals surface area (Å²) >= 11 is 0. The molecule has 2 aliphatic heterocycles. The van der Waals surface area contributed by atoms with Gasteiger partial charge in [-0.15, -0.1) is 12.4 Å². The number of rotatable bonds is 2. The van der Waals surface area contributed by atoms with Gasteiger partial charge in [0.25, 0.3) is 11.8 Å². The van der Waals surface area contributed by atoms with Crippen molar-refractivity contribution in [2.45, 2.75) is 12.8 Å². The summed E-state index contributed by atoms with van der Waals surface area (Å²) in [5.74, 6) is -0.0843. The van der Waals surface area contributed by atoms with Gasteiger partial charge in [-0.25, -0.2) is 4.98 Å². The Morgan fingerprint density at radius 2 is 2.00 bits per heavy atom. The number of halogens is 1. The maximum absolute atomic E-state index is 12.0. The highest BCUT2D eigenvalue weighted by Crippen LogP contribution is 2.22. The molecular weight excluding hydrogens is 256 g/mol. The number of hydrogen-bond acceptors (Lipinski definition) is 4. The normalized spacial score (nSPS) is 19.9. The van der Waals surface area contributed by atoms with Crippen LogP contribution >= 0.6 is 12.4 Å². The molecule has 3 rings (SSSR count). The minimum Gasteiger partial charge on any atom is -0.340 e. The predicted molar refractivity (Wildman–Crippen MR) is 66.8 cm³/mol. The van der Waals surface area contributed by atoms with Crippen molar-refractivity contribution in [3.63, 3.8) is 0 Å². The van der Waals surface area contributed by atoms with Gasteiger partial charge >= 0.3 is 0 Å². The number of nitrogens with zero attached hydrogens (tertiary/aromatic N) is 2. The van der Waals surface area contributed by atoms with Crippen LogP contribution in [-0.4, -0.2) is 46.3 Å². The van der Waals surface area contributed by atoms with Crippen molar-refractivity contribution >= 4 is 24.2 Å². The smallest absolute Gasteiger partial charge is 0.281 e. The Morgan fingerprint density at radius 1 is 1.28 bits per heavy atom. The Balaban J connectivity index is 0.00000120. The van der Waals surface area contributed by atoms with Crippen LogP contribution in [-0.2, 0) is 0 Å². The average Bonchev–Trinajstić information content (AvgIpc) is 2.91. The van der Waals surface area contributed by atoms with Gasteiger partial charge in [-0.2, -0.15) is 0 Å². The number of carbonyl (C=O) groups is 2. The Kier molecular flexibility index (Phi) is 3.68. The third kappa shape index (κ3) is 2.02. The predicted octanol–water partition coefficient (Wildman–Crippen LogP) is 0.427. The van der Waals surface area contributed by atoms with Crippen LogP contribution in [0.15, 0.2) is 6.33 Å². The molecule has 6 nitrogen and oxygen atoms in total. The zero-order chi connectivity index (χ0) is 11.8. The largest absolute Gasteiger partial charge is 0.340 e. The van der Waals surface area contributed by atoms with Gasteiger partial charge in [0, 0.05) is 6.54 Å². The standard InChI is InChI=1S/C11H14N4O2.ClH/c16-10-8-9(14-6-13-8)11(17)15(10)5-7-1-3-12-4-2-7;/h6-7,12H,1-5H2,(H,13,14);1H. The number of piperidine rings is 1. The molecule has 2 N–H and O–H groups in total. The van der Waals surface area contributed by atoms with Gasteiger partial charge in [-0.05, 0) is 31.8 Å². The second-order valence-electron chi connectivity index (χ2n) is 4.54. The van der Waals surface area contributed by atoms with Crippen molar-refractivity contribution in [2.24, 2.45) is 5.92 Å². The van der Waals surface area contributed by atoms with E-state index >= 15 is 0 Å². The maximum atomic E-state index is 12.0. The molecule has 3 heterocycles. The summed E-state index contributed by atoms with van der Waals surface area (Å²) < 4.78 is 0. The highest BCUT2D eigenvalue weighted by molar-refractivity contribution is 6.19. The van der Waals surface area contributed by atoms with E-state index in [0.29, 0.717) is 18.2 Å². The first kappa shape index (κ1) is 13.0. The highest BCUT2D eigenvalue weighted by atomic mass is 35.5. The van der Waals surface area contributed by atoms with E-state index in [4.69, 9.17) is 0 Å². The van der Waals surface area contributed by atoms with Gasteiger partial charge in [0.2, 0.25) is 0 Å². The topological polar surface area (TPSA) is 78.1 Å². The minimum absolute atomic E-state index is 0. The van der Waals surface area contributed by atoms with Crippen molar-refractivity contribution in [3.8, 4) is 0 Å². The van der Waals surface area contributed by atoms with E-state index in [1.165, 1.54) is 11.2 Å². The second-order valence-corrected chi connectivity index (χ2v) is 4.54. The molecule has 1 fully saturated rings. The molecule has 0 spiro atoms. The third-order valence-electron chi connectivity index (χ3n) is 3.45. The first-order valence-corrected chi connectivity index (χ1v) is 5.87. The number of amides is 2. The summed E-state index contributed by atoms with van der Waals surface area (Å²) in [7, 11) is 0. The van der Waals surface area contributed by atoms with Gasteiger partial charge in [0.05, 0.1) is 6.33 Å². The SMILES string of the molecule is Cl.O=C1c2nc[nH]c2C(=O)N1CC1CCNCC1. The number of aromatic amines is 1. The van der Waals surface area contributed by atoms with Crippen LogP contribution in [0.1, 0.15) is 33.8 Å². The van der Waals surface area contributed by atoms with Crippen LogP contribution in [0.4, 0.5) is 0 Å². The van der Waals surface area contributed by atoms with E-state index in [9.17, 15) is 9.59 Å². The first-order valence-electron chi connectivity index (χ1n) is 5.87. The van der Waals surface area contributed by atoms with Crippen molar-refractivity contribution in [1.82, 2.24) is 20.2 Å². The molecule has 7 heteroatoms. The lowest BCUT2D eigenvalue weighted by molar-refractivity contribution is 0.0614. The number of fused-ring (bicyclic) bond motifs is 1. The lowest BCUT2D eigenvalue weighted by Crippen LogP contribution is -2.39. The molecule has 0 unspecified atom stereocenters. The van der Waals surface area contributed by atoms with Crippen molar-refractivity contribution < 1.29 is 9.59 Å². The molecule has 0 bridgehead atoms. The lowest BCUT2D eigenvalue weighted by Gasteiger charge is -2.26. The van der Waals surface area contributed by atoms with E-state index < -0.39 is 0 Å². The number of nitrogens with one attached hydrogen (secondary N) is 2. The fourth-order valence-corrected chi connectivity index (χ4v) is 2.46. The summed E-state index contributed by atoms with van der Waals surface area (Å²) in [6, 6.07) is 0. The molecule has 98 valence electrons. The summed E-state index contributed by atoms with van der Waals surface area (Å²) in [6.07, 6.45) is 3.42. The molecule has 0 saturated carbocycles. The number of carbonyl (C=O) groups excluding carboxylic acids is 2. The molecule has 0 aromatic carbocycles. The molecule has 1 aromatic heterocycles. The second kappa shape index (κ2) is 5.07. The molecule has 0 aliphatic carbocycles. The number of aromatic nitrogens is 2. The Bertz CT molecular complexity index is 437. The van der Waals surface area contributed by atoms with E-state index in [2.05, 4.69) is 15.3 Å². The van der Waals surface area contributed by atoms with E-state index in [0.717, 1.165) is 25.9 Å². The zero-order valence-electron chi connectivity index (χ0n) is 9.81. The fraction of sp³-hybridized carbons (Fsp3) is 0.545. The summed E-state index contributed by atoms with van der Waals surface area (Å²) in [6.45, 7) is 2.44. The molecule has 1 saturated heterocycles. The van der Waals surface area contributed by atoms with Crippen molar-refractivity contribution in [1.29, 1.82) is 0 Å². The monoisotopic (exact) mass is 270 g/mol. The van der Waals surface area contributed by atoms with E-state index in [-0.39, 0.29) is 29.9 Å². The lowest BCUT2D eigenvalue weighted by atomic mass is 9.97. The van der Waals surface area contributed by atoms with Crippen molar-refractivity contribution in [2.75, 3.05) is 19.6 Å². The first-order chi connectivity index (χ1) is 8.27. The number of imide groups is 1. The Hall–Kier alpha value is -1.40. The fourth-order valence-electron chi connectivity index (χ4n) is 2.46. The molecule has 18 heavy (non-hydrogen) atoms. The van der Waals surface area contributed by atoms with Crippen LogP contribution < -0.4 is 5.32 Å². The Morgan fingerprint density at radius 3 is 2.67 bits per heavy atom. The molecule has 1 aromatic rings. The number of H-pyrrole nitrogens is 1. The van der Waals surface area contributed by atoms with Crippen LogP contribution in [0.2, 0.25) is 0 Å². The van der Waals surface area contributed by atoms with Crippen LogP contribution in [0.25, 0.3) is 0 Å². The maximum Gasteiger partial charge on any atom is 0.281 e. The van der Waals surface area contributed by atoms with Gasteiger partial charge in [-0.1, -0.05) is 0 Å². The molecule has 2 aliphatic rings. The summed E-state index contributed by atoms with van der Waals surface area (Å²) in [4.78, 5) is 31.9. The zero-order valence-corrected chi connectivity index (χ0v) is 10.6. The highest BCUT2D eigenvalue weighted by Gasteiger charge is 2.39. The van der Waals surface area contributed by atoms with E-state index in [1.54, 1.807) is 0 Å². The van der Waals surface area contributed by atoms with E-state index in [1.807, 2.05) is 0 Å². The molecule has 0 radical (unpaired) electrons. The Labute approximate surface area is 111 Å². The van der Waals surface area contributed by atoms with Gasteiger partial charge in [-0.3, -0.25) is 14.5 Å². The molecule has 2 amide bonds. The van der Waals surface area contributed by atoms with Gasteiger partial charge in [0.1, 0.15) is 5.69 Å². The van der Waals surface area contributed by atoms with Gasteiger partial charge < -0.3 is 10.3 Å². The van der Waals surface area contributed by atoms with Crippen LogP contribution in [0.5, 0.6) is 0 Å². The van der Waals surface area contributed by atoms with Crippen LogP contribution in [0.3, 0.4) is 0 Å². The quantitative estimate of drug-likeness (QED) is 0.764. The minimum atomic E-state index is -0.259. The molecule has 0 atom stereocenters. The summed E-state index contributed by atoms with van der Waals surface area (Å²) in [5.41, 5.74) is 0.605.